The summed E-state index contributed by atoms with van der Waals surface area (Å²) in [4.78, 5) is 4.29. The first-order valence-electron chi connectivity index (χ1n) is 6.79. The van der Waals surface area contributed by atoms with Gasteiger partial charge in [0.2, 0.25) is 10.0 Å². The first-order chi connectivity index (χ1) is 9.49. The first-order valence-corrected chi connectivity index (χ1v) is 8.28. The van der Waals surface area contributed by atoms with E-state index >= 15 is 0 Å². The number of hydrogen-bond acceptors (Lipinski definition) is 5. The van der Waals surface area contributed by atoms with Crippen LogP contribution in [0.1, 0.15) is 27.2 Å². The molecule has 7 heteroatoms. The van der Waals surface area contributed by atoms with Crippen molar-refractivity contribution in [3.8, 4) is 0 Å². The maximum Gasteiger partial charge on any atom is 0.241 e. The molecule has 0 fully saturated rings. The van der Waals surface area contributed by atoms with E-state index < -0.39 is 10.0 Å². The van der Waals surface area contributed by atoms with Crippen molar-refractivity contribution in [2.24, 2.45) is 0 Å². The van der Waals surface area contributed by atoms with Crippen LogP contribution in [0.3, 0.4) is 0 Å². The van der Waals surface area contributed by atoms with Gasteiger partial charge in [0.25, 0.3) is 0 Å². The fraction of sp³-hybridized carbons (Fsp3) is 0.615. The van der Waals surface area contributed by atoms with Gasteiger partial charge in [-0.3, -0.25) is 0 Å². The average Bonchev–Trinajstić information content (AvgIpc) is 2.42. The summed E-state index contributed by atoms with van der Waals surface area (Å²) >= 11 is 0. The molecule has 0 spiro atoms. The lowest BCUT2D eigenvalue weighted by Gasteiger charge is -2.14. The molecule has 1 heterocycles. The monoisotopic (exact) mass is 301 g/mol. The molecule has 1 unspecified atom stereocenters. The Morgan fingerprint density at radius 3 is 2.80 bits per heavy atom. The van der Waals surface area contributed by atoms with Crippen LogP contribution < -0.4 is 10.0 Å². The second-order valence-corrected chi connectivity index (χ2v) is 6.20. The third-order valence-corrected chi connectivity index (χ3v) is 4.11. The maximum atomic E-state index is 12.2. The van der Waals surface area contributed by atoms with Crippen molar-refractivity contribution in [2.45, 2.75) is 38.1 Å². The number of anilines is 1. The van der Waals surface area contributed by atoms with E-state index in [0.717, 1.165) is 13.0 Å². The number of nitrogens with zero attached hydrogens (tertiary/aromatic N) is 1. The molecule has 1 aromatic rings. The van der Waals surface area contributed by atoms with Crippen LogP contribution in [0.15, 0.2) is 23.2 Å². The second-order valence-electron chi connectivity index (χ2n) is 4.49. The predicted octanol–water partition coefficient (Wildman–Crippen LogP) is 1.61. The topological polar surface area (TPSA) is 80.3 Å². The molecular weight excluding hydrogens is 278 g/mol. The number of aromatic nitrogens is 1. The van der Waals surface area contributed by atoms with Crippen LogP contribution in [-0.2, 0) is 14.8 Å². The fourth-order valence-corrected chi connectivity index (χ4v) is 2.83. The molecule has 20 heavy (non-hydrogen) atoms. The molecule has 0 saturated heterocycles. The van der Waals surface area contributed by atoms with E-state index in [1.165, 1.54) is 18.3 Å². The lowest BCUT2D eigenvalue weighted by Crippen LogP contribution is -2.35. The van der Waals surface area contributed by atoms with Crippen LogP contribution in [-0.4, -0.2) is 39.2 Å². The van der Waals surface area contributed by atoms with E-state index in [0.29, 0.717) is 19.0 Å². The van der Waals surface area contributed by atoms with Gasteiger partial charge in [-0.2, -0.15) is 0 Å². The van der Waals surface area contributed by atoms with Gasteiger partial charge in [-0.1, -0.05) is 6.92 Å². The SMILES string of the molecule is CCCNc1cc(S(=O)(=O)NC(C)COCC)ccn1. The van der Waals surface area contributed by atoms with Crippen LogP contribution >= 0.6 is 0 Å². The summed E-state index contributed by atoms with van der Waals surface area (Å²) < 4.78 is 32.2. The molecule has 0 aliphatic carbocycles. The lowest BCUT2D eigenvalue weighted by atomic mass is 10.4. The molecule has 0 saturated carbocycles. The van der Waals surface area contributed by atoms with Crippen molar-refractivity contribution >= 4 is 15.8 Å². The Hall–Kier alpha value is -1.18. The van der Waals surface area contributed by atoms with Crippen LogP contribution in [0, 0.1) is 0 Å². The minimum atomic E-state index is -3.55. The highest BCUT2D eigenvalue weighted by Crippen LogP contribution is 2.13. The fourth-order valence-electron chi connectivity index (χ4n) is 1.59. The van der Waals surface area contributed by atoms with Gasteiger partial charge in [-0.05, 0) is 26.3 Å². The molecule has 0 aliphatic rings. The Balaban J connectivity index is 2.76. The Labute approximate surface area is 121 Å². The summed E-state index contributed by atoms with van der Waals surface area (Å²) in [5.41, 5.74) is 0. The standard InChI is InChI=1S/C13H23N3O3S/c1-4-7-14-13-9-12(6-8-15-13)20(17,18)16-11(3)10-19-5-2/h6,8-9,11,16H,4-5,7,10H2,1-3H3,(H,14,15). The van der Waals surface area contributed by atoms with Crippen molar-refractivity contribution in [1.82, 2.24) is 9.71 Å². The minimum absolute atomic E-state index is 0.203. The smallest absolute Gasteiger partial charge is 0.241 e. The van der Waals surface area contributed by atoms with Crippen LogP contribution in [0.4, 0.5) is 5.82 Å². The third kappa shape index (κ3) is 5.44. The highest BCUT2D eigenvalue weighted by molar-refractivity contribution is 7.89. The quantitative estimate of drug-likeness (QED) is 0.724. The lowest BCUT2D eigenvalue weighted by molar-refractivity contribution is 0.133. The molecular formula is C13H23N3O3S. The zero-order valence-electron chi connectivity index (χ0n) is 12.2. The van der Waals surface area contributed by atoms with Gasteiger partial charge in [0, 0.05) is 31.5 Å². The highest BCUT2D eigenvalue weighted by atomic mass is 32.2. The van der Waals surface area contributed by atoms with Crippen molar-refractivity contribution in [3.63, 3.8) is 0 Å². The van der Waals surface area contributed by atoms with Crippen LogP contribution in [0.5, 0.6) is 0 Å². The molecule has 0 aromatic carbocycles. The summed E-state index contributed by atoms with van der Waals surface area (Å²) in [6.45, 7) is 7.34. The number of hydrogen-bond donors (Lipinski definition) is 2. The van der Waals surface area contributed by atoms with Gasteiger partial charge in [0.15, 0.2) is 0 Å². The Morgan fingerprint density at radius 1 is 1.40 bits per heavy atom. The molecule has 2 N–H and O–H groups in total. The average molecular weight is 301 g/mol. The highest BCUT2D eigenvalue weighted by Gasteiger charge is 2.18. The summed E-state index contributed by atoms with van der Waals surface area (Å²) in [5, 5.41) is 3.07. The van der Waals surface area contributed by atoms with Crippen molar-refractivity contribution in [1.29, 1.82) is 0 Å². The molecule has 0 radical (unpaired) electrons. The molecule has 6 nitrogen and oxygen atoms in total. The largest absolute Gasteiger partial charge is 0.380 e. The molecule has 0 amide bonds. The van der Waals surface area contributed by atoms with E-state index in [9.17, 15) is 8.42 Å². The number of nitrogens with one attached hydrogen (secondary N) is 2. The van der Waals surface area contributed by atoms with Crippen molar-refractivity contribution < 1.29 is 13.2 Å². The molecule has 0 bridgehead atoms. The summed E-state index contributed by atoms with van der Waals surface area (Å²) in [6, 6.07) is 2.73. The van der Waals surface area contributed by atoms with E-state index in [-0.39, 0.29) is 10.9 Å². The number of rotatable bonds is 9. The maximum absolute atomic E-state index is 12.2. The van der Waals surface area contributed by atoms with Gasteiger partial charge < -0.3 is 10.1 Å². The van der Waals surface area contributed by atoms with Gasteiger partial charge in [0.05, 0.1) is 11.5 Å². The van der Waals surface area contributed by atoms with Gasteiger partial charge >= 0.3 is 0 Å². The summed E-state index contributed by atoms with van der Waals surface area (Å²) in [6.07, 6.45) is 2.43. The van der Waals surface area contributed by atoms with Crippen LogP contribution in [0.2, 0.25) is 0 Å². The summed E-state index contributed by atoms with van der Waals surface area (Å²) in [7, 11) is -3.55. The molecule has 1 rings (SSSR count). The first kappa shape index (κ1) is 16.9. The van der Waals surface area contributed by atoms with Gasteiger partial charge in [-0.15, -0.1) is 0 Å². The minimum Gasteiger partial charge on any atom is -0.380 e. The van der Waals surface area contributed by atoms with E-state index in [1.54, 1.807) is 6.92 Å². The van der Waals surface area contributed by atoms with Crippen molar-refractivity contribution in [3.05, 3.63) is 18.3 Å². The van der Waals surface area contributed by atoms with E-state index in [1.807, 2.05) is 13.8 Å². The molecule has 1 aromatic heterocycles. The number of ether oxygens (including phenoxy) is 1. The third-order valence-electron chi connectivity index (χ3n) is 2.53. The number of pyridine rings is 1. The zero-order chi connectivity index (χ0) is 15.0. The second kappa shape index (κ2) is 8.18. The Bertz CT molecular complexity index is 505. The Morgan fingerprint density at radius 2 is 2.15 bits per heavy atom. The van der Waals surface area contributed by atoms with Gasteiger partial charge in [-0.25, -0.2) is 18.1 Å². The zero-order valence-corrected chi connectivity index (χ0v) is 13.0. The van der Waals surface area contributed by atoms with Crippen LogP contribution in [0.25, 0.3) is 0 Å². The molecule has 1 atom stereocenters. The normalized spacial score (nSPS) is 13.2. The van der Waals surface area contributed by atoms with E-state index in [2.05, 4.69) is 15.0 Å². The molecule has 114 valence electrons. The van der Waals surface area contributed by atoms with Crippen molar-refractivity contribution in [2.75, 3.05) is 25.1 Å². The Kier molecular flexibility index (Phi) is 6.90. The number of sulfonamides is 1. The van der Waals surface area contributed by atoms with Gasteiger partial charge in [0.1, 0.15) is 5.82 Å². The summed E-state index contributed by atoms with van der Waals surface area (Å²) in [5.74, 6) is 0.562. The molecule has 0 aliphatic heterocycles. The predicted molar refractivity (Wildman–Crippen MR) is 79.3 cm³/mol. The van der Waals surface area contributed by atoms with E-state index in [4.69, 9.17) is 4.74 Å².